The molecule has 4 rings (SSSR count). The van der Waals surface area contributed by atoms with Crippen molar-refractivity contribution in [2.75, 3.05) is 26.3 Å². The van der Waals surface area contributed by atoms with E-state index in [1.807, 2.05) is 67.3 Å². The van der Waals surface area contributed by atoms with Gasteiger partial charge in [-0.3, -0.25) is 14.5 Å². The van der Waals surface area contributed by atoms with E-state index in [1.54, 1.807) is 0 Å². The highest BCUT2D eigenvalue weighted by atomic mass is 16.5. The first-order valence-corrected chi connectivity index (χ1v) is 9.60. The molecular weight excluding hydrogens is 352 g/mol. The van der Waals surface area contributed by atoms with E-state index in [4.69, 9.17) is 4.74 Å². The van der Waals surface area contributed by atoms with Gasteiger partial charge in [0.05, 0.1) is 25.3 Å². The third kappa shape index (κ3) is 3.45. The van der Waals surface area contributed by atoms with Gasteiger partial charge < -0.3 is 9.64 Å². The molecule has 2 aromatic rings. The van der Waals surface area contributed by atoms with Gasteiger partial charge in [-0.1, -0.05) is 59.7 Å². The molecule has 2 aliphatic heterocycles. The Hall–Kier alpha value is -2.92. The van der Waals surface area contributed by atoms with E-state index in [0.29, 0.717) is 37.6 Å². The summed E-state index contributed by atoms with van der Waals surface area (Å²) < 4.78 is 5.44. The van der Waals surface area contributed by atoms with Gasteiger partial charge in [0.2, 0.25) is 0 Å². The highest BCUT2D eigenvalue weighted by molar-refractivity contribution is 6.35. The molecule has 0 spiro atoms. The summed E-state index contributed by atoms with van der Waals surface area (Å²) in [5.74, 6) is -0.445. The van der Waals surface area contributed by atoms with Crippen molar-refractivity contribution in [1.29, 1.82) is 0 Å². The van der Waals surface area contributed by atoms with Crippen molar-refractivity contribution in [3.8, 4) is 0 Å². The molecule has 2 aromatic carbocycles. The molecule has 0 aromatic heterocycles. The lowest BCUT2D eigenvalue weighted by Crippen LogP contribution is -2.40. The third-order valence-corrected chi connectivity index (χ3v) is 5.27. The molecule has 0 bridgehead atoms. The number of carbonyl (C=O) groups is 2. The van der Waals surface area contributed by atoms with Crippen LogP contribution in [0.5, 0.6) is 0 Å². The van der Waals surface area contributed by atoms with Crippen LogP contribution in [0, 0.1) is 13.8 Å². The maximum Gasteiger partial charge on any atom is 0.278 e. The molecule has 28 heavy (non-hydrogen) atoms. The van der Waals surface area contributed by atoms with Crippen molar-refractivity contribution >= 4 is 17.4 Å². The zero-order valence-electron chi connectivity index (χ0n) is 16.3. The second-order valence-corrected chi connectivity index (χ2v) is 7.37. The van der Waals surface area contributed by atoms with E-state index >= 15 is 0 Å². The predicted molar refractivity (Wildman–Crippen MR) is 107 cm³/mol. The minimum atomic E-state index is -0.226. The Labute approximate surface area is 165 Å². The van der Waals surface area contributed by atoms with Crippen LogP contribution in [-0.4, -0.2) is 47.9 Å². The molecule has 0 aliphatic carbocycles. The minimum absolute atomic E-state index is 0.219. The largest absolute Gasteiger partial charge is 0.378 e. The van der Waals surface area contributed by atoms with Crippen molar-refractivity contribution in [1.82, 2.24) is 9.80 Å². The van der Waals surface area contributed by atoms with Gasteiger partial charge in [-0.05, 0) is 25.0 Å². The van der Waals surface area contributed by atoms with Gasteiger partial charge in [-0.2, -0.15) is 0 Å². The molecule has 5 nitrogen and oxygen atoms in total. The van der Waals surface area contributed by atoms with Crippen LogP contribution in [0.4, 0.5) is 0 Å². The Balaban J connectivity index is 1.72. The fourth-order valence-corrected chi connectivity index (χ4v) is 3.64. The molecular formula is C23H24N2O3. The molecule has 2 aliphatic rings. The highest BCUT2D eigenvalue weighted by Gasteiger charge is 2.41. The van der Waals surface area contributed by atoms with Gasteiger partial charge in [-0.15, -0.1) is 0 Å². The number of aryl methyl sites for hydroxylation is 2. The fourth-order valence-electron chi connectivity index (χ4n) is 3.64. The van der Waals surface area contributed by atoms with Gasteiger partial charge in [0.25, 0.3) is 11.8 Å². The van der Waals surface area contributed by atoms with Gasteiger partial charge in [0, 0.05) is 13.1 Å². The fraction of sp³-hybridized carbons (Fsp3) is 0.304. The van der Waals surface area contributed by atoms with Gasteiger partial charge in [-0.25, -0.2) is 0 Å². The zero-order chi connectivity index (χ0) is 19.7. The summed E-state index contributed by atoms with van der Waals surface area (Å²) in [5, 5.41) is 0. The first kappa shape index (κ1) is 18.4. The lowest BCUT2D eigenvalue weighted by atomic mass is 10.0. The number of rotatable bonds is 4. The van der Waals surface area contributed by atoms with E-state index in [0.717, 1.165) is 22.3 Å². The number of nitrogens with zero attached hydrogens (tertiary/aromatic N) is 2. The summed E-state index contributed by atoms with van der Waals surface area (Å²) in [6.07, 6.45) is 0. The summed E-state index contributed by atoms with van der Waals surface area (Å²) in [7, 11) is 0. The van der Waals surface area contributed by atoms with Crippen LogP contribution in [0.2, 0.25) is 0 Å². The normalized spacial score (nSPS) is 17.6. The van der Waals surface area contributed by atoms with Crippen molar-refractivity contribution < 1.29 is 14.3 Å². The standard InChI is InChI=1S/C23H24N2O3/c1-16-3-7-18(8-4-16)15-25-22(26)20(19-9-5-17(2)6-10-19)21(23(25)27)24-11-13-28-14-12-24/h3-10H,11-15H2,1-2H3. The molecule has 0 radical (unpaired) electrons. The van der Waals surface area contributed by atoms with Crippen molar-refractivity contribution in [2.24, 2.45) is 0 Å². The van der Waals surface area contributed by atoms with Crippen LogP contribution >= 0.6 is 0 Å². The van der Waals surface area contributed by atoms with E-state index in [9.17, 15) is 9.59 Å². The third-order valence-electron chi connectivity index (χ3n) is 5.27. The van der Waals surface area contributed by atoms with Gasteiger partial charge >= 0.3 is 0 Å². The molecule has 0 atom stereocenters. The van der Waals surface area contributed by atoms with E-state index in [-0.39, 0.29) is 18.4 Å². The quantitative estimate of drug-likeness (QED) is 0.770. The Kier molecular flexibility index (Phi) is 5.01. The Morgan fingerprint density at radius 3 is 2.00 bits per heavy atom. The molecule has 0 unspecified atom stereocenters. The number of amides is 2. The summed E-state index contributed by atoms with van der Waals surface area (Å²) in [6, 6.07) is 15.7. The molecule has 1 saturated heterocycles. The van der Waals surface area contributed by atoms with Gasteiger partial charge in [0.15, 0.2) is 0 Å². The molecule has 0 saturated carbocycles. The van der Waals surface area contributed by atoms with Crippen LogP contribution < -0.4 is 0 Å². The van der Waals surface area contributed by atoms with Crippen LogP contribution in [0.3, 0.4) is 0 Å². The number of imide groups is 1. The van der Waals surface area contributed by atoms with Gasteiger partial charge in [0.1, 0.15) is 5.70 Å². The smallest absolute Gasteiger partial charge is 0.278 e. The average Bonchev–Trinajstić information content (AvgIpc) is 2.95. The predicted octanol–water partition coefficient (Wildman–Crippen LogP) is 2.92. The summed E-state index contributed by atoms with van der Waals surface area (Å²) in [4.78, 5) is 30.0. The molecule has 144 valence electrons. The first-order valence-electron chi connectivity index (χ1n) is 9.60. The Bertz CT molecular complexity index is 923. The first-order chi connectivity index (χ1) is 13.5. The number of benzene rings is 2. The van der Waals surface area contributed by atoms with E-state index < -0.39 is 0 Å². The van der Waals surface area contributed by atoms with Crippen molar-refractivity contribution in [3.05, 3.63) is 76.5 Å². The second-order valence-electron chi connectivity index (χ2n) is 7.37. The van der Waals surface area contributed by atoms with Crippen molar-refractivity contribution in [2.45, 2.75) is 20.4 Å². The van der Waals surface area contributed by atoms with Crippen LogP contribution in [-0.2, 0) is 20.9 Å². The average molecular weight is 376 g/mol. The monoisotopic (exact) mass is 376 g/mol. The van der Waals surface area contributed by atoms with E-state index in [2.05, 4.69) is 0 Å². The molecule has 0 N–H and O–H groups in total. The maximum absolute atomic E-state index is 13.3. The molecule has 2 heterocycles. The molecule has 2 amide bonds. The summed E-state index contributed by atoms with van der Waals surface area (Å²) in [6.45, 7) is 6.65. The van der Waals surface area contributed by atoms with Crippen molar-refractivity contribution in [3.63, 3.8) is 0 Å². The number of hydrogen-bond donors (Lipinski definition) is 0. The lowest BCUT2D eigenvalue weighted by Gasteiger charge is -2.29. The number of hydrogen-bond acceptors (Lipinski definition) is 4. The maximum atomic E-state index is 13.3. The zero-order valence-corrected chi connectivity index (χ0v) is 16.3. The highest BCUT2D eigenvalue weighted by Crippen LogP contribution is 2.33. The molecule has 1 fully saturated rings. The topological polar surface area (TPSA) is 49.9 Å². The van der Waals surface area contributed by atoms with Crippen LogP contribution in [0.25, 0.3) is 5.57 Å². The second kappa shape index (κ2) is 7.60. The molecule has 5 heteroatoms. The summed E-state index contributed by atoms with van der Waals surface area (Å²) >= 11 is 0. The summed E-state index contributed by atoms with van der Waals surface area (Å²) in [5.41, 5.74) is 5.00. The lowest BCUT2D eigenvalue weighted by molar-refractivity contribution is -0.138. The van der Waals surface area contributed by atoms with Crippen LogP contribution in [0.1, 0.15) is 22.3 Å². The Morgan fingerprint density at radius 1 is 0.821 bits per heavy atom. The Morgan fingerprint density at radius 2 is 1.39 bits per heavy atom. The minimum Gasteiger partial charge on any atom is -0.378 e. The number of carbonyl (C=O) groups excluding carboxylic acids is 2. The van der Waals surface area contributed by atoms with E-state index in [1.165, 1.54) is 4.90 Å². The van der Waals surface area contributed by atoms with Crippen LogP contribution in [0.15, 0.2) is 54.2 Å². The number of ether oxygens (including phenoxy) is 1. The SMILES string of the molecule is Cc1ccc(CN2C(=O)C(c3ccc(C)cc3)=C(N3CCOCC3)C2=O)cc1. The number of morpholine rings is 1.